The van der Waals surface area contributed by atoms with Crippen molar-refractivity contribution in [3.05, 3.63) is 36.5 Å². The molecule has 0 amide bonds. The van der Waals surface area contributed by atoms with Gasteiger partial charge in [0.2, 0.25) is 0 Å². The first-order chi connectivity index (χ1) is 11.8. The van der Waals surface area contributed by atoms with Crippen LogP contribution in [0.2, 0.25) is 0 Å². The molecule has 0 bridgehead atoms. The number of nitrogens with zero attached hydrogens (tertiary/aromatic N) is 2. The second-order valence-electron chi connectivity index (χ2n) is 6.43. The van der Waals surface area contributed by atoms with Gasteiger partial charge in [0.1, 0.15) is 0 Å². The molecule has 6 heteroatoms. The van der Waals surface area contributed by atoms with E-state index in [1.165, 1.54) is 30.2 Å². The van der Waals surface area contributed by atoms with E-state index in [-0.39, 0.29) is 24.0 Å². The van der Waals surface area contributed by atoms with E-state index in [1.807, 2.05) is 18.8 Å². The Morgan fingerprint density at radius 2 is 2.12 bits per heavy atom. The Balaban J connectivity index is 0.00000225. The summed E-state index contributed by atoms with van der Waals surface area (Å²) in [6, 6.07) is 11.3. The van der Waals surface area contributed by atoms with Crippen molar-refractivity contribution in [2.24, 2.45) is 4.99 Å². The number of aryl methyl sites for hydroxylation is 1. The first-order valence-corrected chi connectivity index (χ1v) is 10.1. The molecule has 1 aliphatic rings. The summed E-state index contributed by atoms with van der Waals surface area (Å²) in [6.07, 6.45) is 9.29. The molecule has 1 fully saturated rings. The highest BCUT2D eigenvalue weighted by Crippen LogP contribution is 2.27. The number of benzene rings is 1. The summed E-state index contributed by atoms with van der Waals surface area (Å²) in [5.41, 5.74) is 1.31. The lowest BCUT2D eigenvalue weighted by Gasteiger charge is -2.17. The lowest BCUT2D eigenvalue weighted by atomic mass is 10.2. The zero-order valence-corrected chi connectivity index (χ0v) is 18.2. The zero-order chi connectivity index (χ0) is 16.8. The molecule has 2 N–H and O–H groups in total. The third-order valence-corrected chi connectivity index (χ3v) is 5.93. The van der Waals surface area contributed by atoms with Crippen molar-refractivity contribution in [3.8, 4) is 0 Å². The fourth-order valence-electron chi connectivity index (χ4n) is 3.47. The van der Waals surface area contributed by atoms with E-state index in [9.17, 15) is 0 Å². The van der Waals surface area contributed by atoms with Crippen LogP contribution < -0.4 is 10.6 Å². The van der Waals surface area contributed by atoms with E-state index < -0.39 is 0 Å². The minimum Gasteiger partial charge on any atom is -0.356 e. The normalized spacial score (nSPS) is 20.5. The average Bonchev–Trinajstić information content (AvgIpc) is 3.24. The van der Waals surface area contributed by atoms with E-state index in [1.54, 1.807) is 0 Å². The maximum atomic E-state index is 4.37. The molecule has 1 aliphatic carbocycles. The maximum Gasteiger partial charge on any atom is 0.191 e. The van der Waals surface area contributed by atoms with Gasteiger partial charge in [-0.2, -0.15) is 11.8 Å². The average molecular weight is 472 g/mol. The van der Waals surface area contributed by atoms with Gasteiger partial charge in [0.05, 0.1) is 0 Å². The van der Waals surface area contributed by atoms with Gasteiger partial charge in [-0.15, -0.1) is 24.0 Å². The molecule has 0 radical (unpaired) electrons. The minimum atomic E-state index is 0. The van der Waals surface area contributed by atoms with Crippen LogP contribution in [0.25, 0.3) is 10.9 Å². The molecule has 3 rings (SSSR count). The second kappa shape index (κ2) is 10.3. The van der Waals surface area contributed by atoms with Crippen LogP contribution in [0.15, 0.2) is 41.5 Å². The molecule has 2 atom stereocenters. The van der Waals surface area contributed by atoms with Gasteiger partial charge in [0.15, 0.2) is 5.96 Å². The standard InChI is InChI=1S/C19H28N4S.HI/c1-20-19(22-16-8-9-17(14-16)24-2)21-11-5-12-23-13-10-15-6-3-4-7-18(15)23;/h3-4,6-7,10,13,16-17H,5,8-9,11-12,14H2,1-2H3,(H2,20,21,22);1H. The second-order valence-corrected chi connectivity index (χ2v) is 7.57. The van der Waals surface area contributed by atoms with E-state index in [4.69, 9.17) is 0 Å². The third-order valence-electron chi connectivity index (χ3n) is 4.83. The molecule has 25 heavy (non-hydrogen) atoms. The highest BCUT2D eigenvalue weighted by molar-refractivity contribution is 14.0. The molecular weight excluding hydrogens is 443 g/mol. The summed E-state index contributed by atoms with van der Waals surface area (Å²) in [5.74, 6) is 0.944. The molecule has 0 aliphatic heterocycles. The lowest BCUT2D eigenvalue weighted by molar-refractivity contribution is 0.599. The summed E-state index contributed by atoms with van der Waals surface area (Å²) < 4.78 is 2.33. The van der Waals surface area contributed by atoms with Gasteiger partial charge in [-0.25, -0.2) is 0 Å². The molecule has 1 aromatic heterocycles. The van der Waals surface area contributed by atoms with Crippen LogP contribution in [0.3, 0.4) is 0 Å². The van der Waals surface area contributed by atoms with Crippen molar-refractivity contribution in [3.63, 3.8) is 0 Å². The van der Waals surface area contributed by atoms with E-state index in [0.717, 1.165) is 30.7 Å². The van der Waals surface area contributed by atoms with Crippen molar-refractivity contribution < 1.29 is 0 Å². The fourth-order valence-corrected chi connectivity index (χ4v) is 4.26. The van der Waals surface area contributed by atoms with Crippen LogP contribution in [0, 0.1) is 0 Å². The van der Waals surface area contributed by atoms with Gasteiger partial charge in [-0.3, -0.25) is 4.99 Å². The lowest BCUT2D eigenvalue weighted by Crippen LogP contribution is -2.43. The summed E-state index contributed by atoms with van der Waals surface area (Å²) in [6.45, 7) is 1.96. The Morgan fingerprint density at radius 3 is 2.88 bits per heavy atom. The van der Waals surface area contributed by atoms with Gasteiger partial charge >= 0.3 is 0 Å². The molecule has 2 aromatic rings. The zero-order valence-electron chi connectivity index (χ0n) is 15.1. The first-order valence-electron chi connectivity index (χ1n) is 8.84. The molecular formula is C19H29IN4S. The van der Waals surface area contributed by atoms with Crippen LogP contribution >= 0.6 is 35.7 Å². The number of aromatic nitrogens is 1. The Kier molecular flexibility index (Phi) is 8.42. The van der Waals surface area contributed by atoms with Crippen molar-refractivity contribution in [1.82, 2.24) is 15.2 Å². The van der Waals surface area contributed by atoms with Gasteiger partial charge < -0.3 is 15.2 Å². The highest BCUT2D eigenvalue weighted by Gasteiger charge is 2.24. The molecule has 138 valence electrons. The molecule has 0 saturated heterocycles. The van der Waals surface area contributed by atoms with Crippen LogP contribution in [0.5, 0.6) is 0 Å². The molecule has 0 spiro atoms. The van der Waals surface area contributed by atoms with Gasteiger partial charge in [-0.1, -0.05) is 18.2 Å². The van der Waals surface area contributed by atoms with Gasteiger partial charge in [0.25, 0.3) is 0 Å². The Morgan fingerprint density at radius 1 is 1.28 bits per heavy atom. The molecule has 1 saturated carbocycles. The van der Waals surface area contributed by atoms with Gasteiger partial charge in [0, 0.05) is 43.1 Å². The Hall–Kier alpha value is -0.890. The number of halogens is 1. The molecule has 4 nitrogen and oxygen atoms in total. The van der Waals surface area contributed by atoms with E-state index in [0.29, 0.717) is 6.04 Å². The van der Waals surface area contributed by atoms with E-state index in [2.05, 4.69) is 63.0 Å². The number of guanidine groups is 1. The number of fused-ring (bicyclic) bond motifs is 1. The van der Waals surface area contributed by atoms with Crippen molar-refractivity contribution in [1.29, 1.82) is 0 Å². The topological polar surface area (TPSA) is 41.4 Å². The molecule has 1 aromatic carbocycles. The monoisotopic (exact) mass is 472 g/mol. The quantitative estimate of drug-likeness (QED) is 0.288. The summed E-state index contributed by atoms with van der Waals surface area (Å²) in [4.78, 5) is 4.37. The van der Waals surface area contributed by atoms with Crippen LogP contribution in [0.4, 0.5) is 0 Å². The number of rotatable bonds is 6. The number of thioether (sulfide) groups is 1. The van der Waals surface area contributed by atoms with Gasteiger partial charge in [-0.05, 0) is 49.5 Å². The first kappa shape index (κ1) is 20.4. The Labute approximate surface area is 172 Å². The third kappa shape index (κ3) is 5.54. The predicted molar refractivity (Wildman–Crippen MR) is 121 cm³/mol. The van der Waals surface area contributed by atoms with E-state index >= 15 is 0 Å². The smallest absolute Gasteiger partial charge is 0.191 e. The number of nitrogens with one attached hydrogen (secondary N) is 2. The maximum absolute atomic E-state index is 4.37. The largest absolute Gasteiger partial charge is 0.356 e. The Bertz CT molecular complexity index is 685. The number of hydrogen-bond acceptors (Lipinski definition) is 2. The molecule has 2 unspecified atom stereocenters. The number of hydrogen-bond donors (Lipinski definition) is 2. The number of para-hydroxylation sites is 1. The summed E-state index contributed by atoms with van der Waals surface area (Å²) >= 11 is 1.99. The van der Waals surface area contributed by atoms with Crippen LogP contribution in [-0.4, -0.2) is 41.7 Å². The minimum absolute atomic E-state index is 0. The highest BCUT2D eigenvalue weighted by atomic mass is 127. The SMILES string of the molecule is CN=C(NCCCn1ccc2ccccc21)NC1CCC(SC)C1.I. The summed E-state index contributed by atoms with van der Waals surface area (Å²) in [7, 11) is 1.86. The van der Waals surface area contributed by atoms with Crippen LogP contribution in [0.1, 0.15) is 25.7 Å². The molecule has 1 heterocycles. The fraction of sp³-hybridized carbons (Fsp3) is 0.526. The van der Waals surface area contributed by atoms with Crippen LogP contribution in [-0.2, 0) is 6.54 Å². The van der Waals surface area contributed by atoms with Crippen molar-refractivity contribution >= 4 is 52.6 Å². The predicted octanol–water partition coefficient (Wildman–Crippen LogP) is 4.10. The number of aliphatic imine (C=N–C) groups is 1. The van der Waals surface area contributed by atoms with Crippen molar-refractivity contribution in [2.45, 2.75) is 43.5 Å². The summed E-state index contributed by atoms with van der Waals surface area (Å²) in [5, 5.41) is 9.15. The van der Waals surface area contributed by atoms with Crippen molar-refractivity contribution in [2.75, 3.05) is 19.8 Å².